The van der Waals surface area contributed by atoms with E-state index in [0.29, 0.717) is 12.4 Å². The van der Waals surface area contributed by atoms with Gasteiger partial charge >= 0.3 is 0 Å². The summed E-state index contributed by atoms with van der Waals surface area (Å²) >= 11 is 0. The van der Waals surface area contributed by atoms with Gasteiger partial charge in [0.15, 0.2) is 5.82 Å². The second-order valence-corrected chi connectivity index (χ2v) is 3.95. The number of hydrogen-bond acceptors (Lipinski definition) is 3. The van der Waals surface area contributed by atoms with E-state index in [0.717, 1.165) is 6.54 Å². The van der Waals surface area contributed by atoms with Gasteiger partial charge in [-0.15, -0.1) is 0 Å². The molecule has 2 N–H and O–H groups in total. The minimum Gasteiger partial charge on any atom is -0.329 e. The van der Waals surface area contributed by atoms with Gasteiger partial charge in [-0.3, -0.25) is 4.79 Å². The lowest BCUT2D eigenvalue weighted by Gasteiger charge is -2.20. The predicted molar refractivity (Wildman–Crippen MR) is 55.1 cm³/mol. The largest absolute Gasteiger partial charge is 0.329 e. The molecule has 0 aliphatic carbocycles. The Balaban J connectivity index is 3.00. The number of ketones is 1. The van der Waals surface area contributed by atoms with E-state index in [-0.39, 0.29) is 5.78 Å². The van der Waals surface area contributed by atoms with E-state index >= 15 is 0 Å². The maximum absolute atomic E-state index is 12.0. The zero-order valence-corrected chi connectivity index (χ0v) is 8.95. The number of imidazole rings is 1. The smallest absolute Gasteiger partial charge is 0.205 e. The molecule has 0 saturated carbocycles. The molecular weight excluding hydrogens is 178 g/mol. The lowest BCUT2D eigenvalue weighted by Crippen LogP contribution is -2.34. The molecule has 0 bridgehead atoms. The van der Waals surface area contributed by atoms with Crippen LogP contribution in [0.1, 0.15) is 31.4 Å². The number of nitrogens with zero attached hydrogens (tertiary/aromatic N) is 2. The van der Waals surface area contributed by atoms with Crippen LogP contribution in [0.4, 0.5) is 0 Å². The normalized spacial score (nSPS) is 11.7. The molecule has 0 atom stereocenters. The van der Waals surface area contributed by atoms with Crippen molar-refractivity contribution < 1.29 is 4.79 Å². The van der Waals surface area contributed by atoms with Crippen molar-refractivity contribution in [3.8, 4) is 0 Å². The van der Waals surface area contributed by atoms with Crippen molar-refractivity contribution in [2.75, 3.05) is 6.54 Å². The number of aryl methyl sites for hydroxylation is 1. The van der Waals surface area contributed by atoms with Crippen LogP contribution >= 0.6 is 0 Å². The quantitative estimate of drug-likeness (QED) is 0.731. The topological polar surface area (TPSA) is 60.9 Å². The first-order valence-electron chi connectivity index (χ1n) is 4.79. The summed E-state index contributed by atoms with van der Waals surface area (Å²) in [6, 6.07) is 0. The molecule has 1 rings (SSSR count). The highest BCUT2D eigenvalue weighted by atomic mass is 16.1. The lowest BCUT2D eigenvalue weighted by molar-refractivity contribution is 0.0831. The Kier molecular flexibility index (Phi) is 3.06. The molecule has 1 aromatic rings. The van der Waals surface area contributed by atoms with Crippen LogP contribution in [0.5, 0.6) is 0 Å². The molecular formula is C10H17N3O. The highest BCUT2D eigenvalue weighted by Crippen LogP contribution is 2.19. The summed E-state index contributed by atoms with van der Waals surface area (Å²) in [5.74, 6) is 0.509. The van der Waals surface area contributed by atoms with Crippen molar-refractivity contribution in [3.63, 3.8) is 0 Å². The molecule has 0 spiro atoms. The van der Waals surface area contributed by atoms with Crippen LogP contribution in [-0.2, 0) is 6.54 Å². The summed E-state index contributed by atoms with van der Waals surface area (Å²) < 4.78 is 1.83. The first-order chi connectivity index (χ1) is 6.53. The van der Waals surface area contributed by atoms with Crippen LogP contribution in [0, 0.1) is 5.41 Å². The minimum absolute atomic E-state index is 0.00634. The summed E-state index contributed by atoms with van der Waals surface area (Å²) in [6.45, 7) is 6.74. The molecule has 14 heavy (non-hydrogen) atoms. The fourth-order valence-corrected chi connectivity index (χ4v) is 1.17. The van der Waals surface area contributed by atoms with Crippen LogP contribution in [0.15, 0.2) is 12.4 Å². The molecule has 0 fully saturated rings. The summed E-state index contributed by atoms with van der Waals surface area (Å²) in [7, 11) is 0. The molecule has 0 aliphatic heterocycles. The van der Waals surface area contributed by atoms with Gasteiger partial charge in [0.05, 0.1) is 0 Å². The first-order valence-corrected chi connectivity index (χ1v) is 4.79. The number of hydrogen-bond donors (Lipinski definition) is 1. The SMILES string of the molecule is CCn1ccnc1C(=O)C(C)(C)CN. The first kappa shape index (κ1) is 10.9. The number of nitrogens with two attached hydrogens (primary N) is 1. The van der Waals surface area contributed by atoms with E-state index in [1.54, 1.807) is 12.4 Å². The summed E-state index contributed by atoms with van der Waals surface area (Å²) in [4.78, 5) is 16.0. The van der Waals surface area contributed by atoms with Crippen LogP contribution in [-0.4, -0.2) is 21.9 Å². The average molecular weight is 195 g/mol. The highest BCUT2D eigenvalue weighted by molar-refractivity contribution is 5.97. The third-order valence-electron chi connectivity index (χ3n) is 2.38. The van der Waals surface area contributed by atoms with E-state index in [1.165, 1.54) is 0 Å². The van der Waals surface area contributed by atoms with Crippen LogP contribution in [0.3, 0.4) is 0 Å². The van der Waals surface area contributed by atoms with Crippen LogP contribution in [0.25, 0.3) is 0 Å². The minimum atomic E-state index is -0.529. The van der Waals surface area contributed by atoms with E-state index in [9.17, 15) is 4.79 Å². The van der Waals surface area contributed by atoms with Gasteiger partial charge in [-0.1, -0.05) is 13.8 Å². The number of aromatic nitrogens is 2. The molecule has 0 aromatic carbocycles. The average Bonchev–Trinajstić information content (AvgIpc) is 2.64. The zero-order valence-electron chi connectivity index (χ0n) is 8.95. The monoisotopic (exact) mass is 195 g/mol. The van der Waals surface area contributed by atoms with E-state index in [4.69, 9.17) is 5.73 Å². The second-order valence-electron chi connectivity index (χ2n) is 3.95. The predicted octanol–water partition coefficient (Wildman–Crippen LogP) is 1.07. The second kappa shape index (κ2) is 3.92. The Labute approximate surface area is 84.1 Å². The van der Waals surface area contributed by atoms with Gasteiger partial charge in [-0.25, -0.2) is 4.98 Å². The standard InChI is InChI=1S/C10H17N3O/c1-4-13-6-5-12-9(13)8(14)10(2,3)7-11/h5-6H,4,7,11H2,1-3H3. The van der Waals surface area contributed by atoms with Crippen LogP contribution < -0.4 is 5.73 Å². The Morgan fingerprint density at radius 1 is 1.64 bits per heavy atom. The molecule has 78 valence electrons. The molecule has 0 radical (unpaired) electrons. The fourth-order valence-electron chi connectivity index (χ4n) is 1.17. The van der Waals surface area contributed by atoms with Crippen molar-refractivity contribution in [1.29, 1.82) is 0 Å². The summed E-state index contributed by atoms with van der Waals surface area (Å²) in [6.07, 6.45) is 3.45. The summed E-state index contributed by atoms with van der Waals surface area (Å²) in [5.41, 5.74) is 5.02. The number of Topliss-reactive ketones (excluding diaryl/α,β-unsaturated/α-hetero) is 1. The molecule has 4 heteroatoms. The molecule has 1 aromatic heterocycles. The van der Waals surface area contributed by atoms with E-state index in [2.05, 4.69) is 4.98 Å². The number of rotatable bonds is 4. The van der Waals surface area contributed by atoms with Crippen molar-refractivity contribution in [2.45, 2.75) is 27.3 Å². The summed E-state index contributed by atoms with van der Waals surface area (Å²) in [5, 5.41) is 0. The molecule has 0 aliphatic rings. The van der Waals surface area contributed by atoms with Gasteiger partial charge < -0.3 is 10.3 Å². The van der Waals surface area contributed by atoms with Gasteiger partial charge in [0.2, 0.25) is 5.78 Å². The van der Waals surface area contributed by atoms with Crippen LogP contribution in [0.2, 0.25) is 0 Å². The molecule has 0 saturated heterocycles. The van der Waals surface area contributed by atoms with Gasteiger partial charge in [-0.2, -0.15) is 0 Å². The van der Waals surface area contributed by atoms with E-state index in [1.807, 2.05) is 25.3 Å². The Morgan fingerprint density at radius 3 is 2.79 bits per heavy atom. The Hall–Kier alpha value is -1.16. The maximum atomic E-state index is 12.0. The van der Waals surface area contributed by atoms with Crippen molar-refractivity contribution >= 4 is 5.78 Å². The molecule has 0 amide bonds. The fraction of sp³-hybridized carbons (Fsp3) is 0.600. The third-order valence-corrected chi connectivity index (χ3v) is 2.38. The highest BCUT2D eigenvalue weighted by Gasteiger charge is 2.29. The van der Waals surface area contributed by atoms with Crippen molar-refractivity contribution in [1.82, 2.24) is 9.55 Å². The Bertz CT molecular complexity index is 328. The maximum Gasteiger partial charge on any atom is 0.205 e. The van der Waals surface area contributed by atoms with E-state index < -0.39 is 5.41 Å². The van der Waals surface area contributed by atoms with Gasteiger partial charge in [0.1, 0.15) is 0 Å². The number of carbonyl (C=O) groups is 1. The molecule has 0 unspecified atom stereocenters. The van der Waals surface area contributed by atoms with Crippen molar-refractivity contribution in [3.05, 3.63) is 18.2 Å². The Morgan fingerprint density at radius 2 is 2.29 bits per heavy atom. The molecule has 1 heterocycles. The van der Waals surface area contributed by atoms with Gasteiger partial charge in [0.25, 0.3) is 0 Å². The van der Waals surface area contributed by atoms with Crippen molar-refractivity contribution in [2.24, 2.45) is 11.1 Å². The van der Waals surface area contributed by atoms with Gasteiger partial charge in [-0.05, 0) is 6.92 Å². The third kappa shape index (κ3) is 1.85. The number of carbonyl (C=O) groups excluding carboxylic acids is 1. The lowest BCUT2D eigenvalue weighted by atomic mass is 9.88. The van der Waals surface area contributed by atoms with Gasteiger partial charge in [0, 0.05) is 30.9 Å². The molecule has 4 nitrogen and oxygen atoms in total. The zero-order chi connectivity index (χ0) is 10.8.